The average molecular weight is 240 g/mol. The Kier molecular flexibility index (Phi) is 4.76. The number of pyridine rings is 1. The molecule has 0 aromatic carbocycles. The molecule has 0 aliphatic rings. The van der Waals surface area contributed by atoms with Crippen LogP contribution in [0.5, 0.6) is 0 Å². The van der Waals surface area contributed by atoms with Gasteiger partial charge in [0.1, 0.15) is 5.69 Å². The Hall–Kier alpha value is -1.07. The van der Waals surface area contributed by atoms with Gasteiger partial charge in [-0.1, -0.05) is 6.07 Å². The van der Waals surface area contributed by atoms with E-state index in [2.05, 4.69) is 10.3 Å². The molecule has 1 atom stereocenters. The van der Waals surface area contributed by atoms with Gasteiger partial charge in [-0.3, -0.25) is 9.78 Å². The van der Waals surface area contributed by atoms with Crippen molar-refractivity contribution < 1.29 is 9.90 Å². The lowest BCUT2D eigenvalue weighted by atomic mass is 10.1. The molecule has 5 heteroatoms. The third-order valence-corrected chi connectivity index (χ3v) is 2.89. The minimum atomic E-state index is -0.885. The molecule has 1 amide bonds. The molecule has 1 heterocycles. The molecule has 0 saturated heterocycles. The molecule has 0 saturated carbocycles. The molecule has 0 aliphatic carbocycles. The second-order valence-electron chi connectivity index (χ2n) is 3.83. The van der Waals surface area contributed by atoms with Crippen LogP contribution in [0.4, 0.5) is 0 Å². The molecule has 1 unspecified atom stereocenters. The number of nitrogens with one attached hydrogen (secondary N) is 1. The van der Waals surface area contributed by atoms with Crippen molar-refractivity contribution in [3.05, 3.63) is 30.1 Å². The van der Waals surface area contributed by atoms with Gasteiger partial charge in [-0.15, -0.1) is 0 Å². The Bertz CT molecular complexity index is 341. The van der Waals surface area contributed by atoms with E-state index in [0.29, 0.717) is 11.4 Å². The zero-order chi connectivity index (χ0) is 12.0. The predicted molar refractivity (Wildman–Crippen MR) is 65.6 cm³/mol. The molecule has 1 aromatic rings. The third-order valence-electron chi connectivity index (χ3n) is 1.98. The summed E-state index contributed by atoms with van der Waals surface area (Å²) in [5, 5.41) is 12.5. The second kappa shape index (κ2) is 5.86. The van der Waals surface area contributed by atoms with Crippen LogP contribution in [-0.2, 0) is 0 Å². The van der Waals surface area contributed by atoms with Crippen molar-refractivity contribution in [2.45, 2.75) is 12.5 Å². The van der Waals surface area contributed by atoms with Gasteiger partial charge in [0.15, 0.2) is 0 Å². The second-order valence-corrected chi connectivity index (χ2v) is 4.69. The molecule has 16 heavy (non-hydrogen) atoms. The SMILES string of the molecule is CSCC(C)(O)CNC(=O)c1ccccn1. The summed E-state index contributed by atoms with van der Waals surface area (Å²) in [5.41, 5.74) is -0.522. The van der Waals surface area contributed by atoms with Crippen LogP contribution < -0.4 is 5.32 Å². The highest BCUT2D eigenvalue weighted by atomic mass is 32.2. The van der Waals surface area contributed by atoms with Crippen LogP contribution in [0.1, 0.15) is 17.4 Å². The van der Waals surface area contributed by atoms with Crippen LogP contribution >= 0.6 is 11.8 Å². The number of hydrogen-bond acceptors (Lipinski definition) is 4. The van der Waals surface area contributed by atoms with Gasteiger partial charge in [0.25, 0.3) is 5.91 Å². The Morgan fingerprint density at radius 2 is 2.38 bits per heavy atom. The Morgan fingerprint density at radius 1 is 1.62 bits per heavy atom. The van der Waals surface area contributed by atoms with E-state index in [-0.39, 0.29) is 12.5 Å². The van der Waals surface area contributed by atoms with Crippen molar-refractivity contribution in [3.8, 4) is 0 Å². The molecule has 1 rings (SSSR count). The molecule has 0 spiro atoms. The monoisotopic (exact) mass is 240 g/mol. The van der Waals surface area contributed by atoms with Crippen LogP contribution in [-0.4, -0.2) is 40.2 Å². The molecular weight excluding hydrogens is 224 g/mol. The predicted octanol–water partition coefficient (Wildman–Crippen LogP) is 0.925. The fourth-order valence-electron chi connectivity index (χ4n) is 1.22. The zero-order valence-electron chi connectivity index (χ0n) is 9.43. The molecular formula is C11H16N2O2S. The maximum atomic E-state index is 11.6. The maximum absolute atomic E-state index is 11.6. The van der Waals surface area contributed by atoms with Crippen molar-refractivity contribution in [2.24, 2.45) is 0 Å². The van der Waals surface area contributed by atoms with Crippen molar-refractivity contribution in [3.63, 3.8) is 0 Å². The van der Waals surface area contributed by atoms with E-state index >= 15 is 0 Å². The van der Waals surface area contributed by atoms with Crippen LogP contribution in [0.2, 0.25) is 0 Å². The van der Waals surface area contributed by atoms with Crippen molar-refractivity contribution in [2.75, 3.05) is 18.6 Å². The number of hydrogen-bond donors (Lipinski definition) is 2. The topological polar surface area (TPSA) is 62.2 Å². The number of aromatic nitrogens is 1. The summed E-state index contributed by atoms with van der Waals surface area (Å²) in [5.74, 6) is 0.317. The number of nitrogens with zero attached hydrogens (tertiary/aromatic N) is 1. The highest BCUT2D eigenvalue weighted by Gasteiger charge is 2.20. The first-order valence-electron chi connectivity index (χ1n) is 4.96. The highest BCUT2D eigenvalue weighted by Crippen LogP contribution is 2.09. The third kappa shape index (κ3) is 4.20. The van der Waals surface area contributed by atoms with E-state index in [1.165, 1.54) is 11.8 Å². The molecule has 0 bridgehead atoms. The molecule has 0 radical (unpaired) electrons. The smallest absolute Gasteiger partial charge is 0.269 e. The van der Waals surface area contributed by atoms with E-state index in [4.69, 9.17) is 0 Å². The lowest BCUT2D eigenvalue weighted by Crippen LogP contribution is -2.42. The first kappa shape index (κ1) is 13.0. The van der Waals surface area contributed by atoms with E-state index in [9.17, 15) is 9.90 Å². The van der Waals surface area contributed by atoms with Crippen molar-refractivity contribution in [1.82, 2.24) is 10.3 Å². The van der Waals surface area contributed by atoms with Gasteiger partial charge in [-0.05, 0) is 25.3 Å². The number of amides is 1. The summed E-state index contributed by atoms with van der Waals surface area (Å²) in [4.78, 5) is 15.5. The van der Waals surface area contributed by atoms with Gasteiger partial charge < -0.3 is 10.4 Å². The van der Waals surface area contributed by atoms with Crippen LogP contribution in [0.3, 0.4) is 0 Å². The van der Waals surface area contributed by atoms with Crippen LogP contribution in [0.25, 0.3) is 0 Å². The summed E-state index contributed by atoms with van der Waals surface area (Å²) in [7, 11) is 0. The molecule has 0 aliphatic heterocycles. The summed E-state index contributed by atoms with van der Waals surface area (Å²) in [6.45, 7) is 1.92. The summed E-state index contributed by atoms with van der Waals surface area (Å²) in [6.07, 6.45) is 3.48. The van der Waals surface area contributed by atoms with E-state index in [0.717, 1.165) is 0 Å². The number of thioether (sulfide) groups is 1. The first-order chi connectivity index (χ1) is 7.55. The maximum Gasteiger partial charge on any atom is 0.269 e. The van der Waals surface area contributed by atoms with E-state index < -0.39 is 5.60 Å². The summed E-state index contributed by atoms with van der Waals surface area (Å²) in [6, 6.07) is 5.14. The fraction of sp³-hybridized carbons (Fsp3) is 0.455. The number of carbonyl (C=O) groups excluding carboxylic acids is 1. The molecule has 2 N–H and O–H groups in total. The standard InChI is InChI=1S/C11H16N2O2S/c1-11(15,8-16-2)7-13-10(14)9-5-3-4-6-12-9/h3-6,15H,7-8H2,1-2H3,(H,13,14). The Balaban J connectivity index is 2.48. The van der Waals surface area contributed by atoms with Crippen molar-refractivity contribution in [1.29, 1.82) is 0 Å². The quantitative estimate of drug-likeness (QED) is 0.803. The minimum Gasteiger partial charge on any atom is -0.387 e. The number of rotatable bonds is 5. The van der Waals surface area contributed by atoms with E-state index in [1.54, 1.807) is 31.3 Å². The number of aliphatic hydroxyl groups is 1. The Labute approximate surface area is 99.5 Å². The molecule has 1 aromatic heterocycles. The Morgan fingerprint density at radius 3 is 2.94 bits per heavy atom. The highest BCUT2D eigenvalue weighted by molar-refractivity contribution is 7.98. The summed E-state index contributed by atoms with van der Waals surface area (Å²) >= 11 is 1.54. The minimum absolute atomic E-state index is 0.225. The largest absolute Gasteiger partial charge is 0.387 e. The van der Waals surface area contributed by atoms with Crippen molar-refractivity contribution >= 4 is 17.7 Å². The molecule has 88 valence electrons. The van der Waals surface area contributed by atoms with Crippen LogP contribution in [0, 0.1) is 0 Å². The van der Waals surface area contributed by atoms with Gasteiger partial charge in [0, 0.05) is 18.5 Å². The fourth-order valence-corrected chi connectivity index (χ4v) is 1.94. The van der Waals surface area contributed by atoms with E-state index in [1.807, 2.05) is 6.26 Å². The van der Waals surface area contributed by atoms with Gasteiger partial charge in [-0.25, -0.2) is 0 Å². The average Bonchev–Trinajstić information content (AvgIpc) is 2.27. The van der Waals surface area contributed by atoms with Gasteiger partial charge in [0.2, 0.25) is 0 Å². The zero-order valence-corrected chi connectivity index (χ0v) is 10.3. The molecule has 4 nitrogen and oxygen atoms in total. The normalized spacial score (nSPS) is 14.2. The van der Waals surface area contributed by atoms with Gasteiger partial charge in [-0.2, -0.15) is 11.8 Å². The van der Waals surface area contributed by atoms with Crippen LogP contribution in [0.15, 0.2) is 24.4 Å². The summed E-state index contributed by atoms with van der Waals surface area (Å²) < 4.78 is 0. The number of carbonyl (C=O) groups is 1. The van der Waals surface area contributed by atoms with Gasteiger partial charge in [0.05, 0.1) is 5.60 Å². The van der Waals surface area contributed by atoms with Gasteiger partial charge >= 0.3 is 0 Å². The molecule has 0 fully saturated rings. The lowest BCUT2D eigenvalue weighted by Gasteiger charge is -2.22. The first-order valence-corrected chi connectivity index (χ1v) is 6.35. The lowest BCUT2D eigenvalue weighted by molar-refractivity contribution is 0.0722.